The predicted molar refractivity (Wildman–Crippen MR) is 80.4 cm³/mol. The molecule has 0 N–H and O–H groups in total. The maximum atomic E-state index is 12.6. The fraction of sp³-hybridized carbons (Fsp3) is 0.312. The van der Waals surface area contributed by atoms with Crippen LogP contribution in [0.5, 0.6) is 5.75 Å². The Bertz CT molecular complexity index is 620. The largest absolute Gasteiger partial charge is 0.492 e. The molecule has 104 valence electrons. The van der Waals surface area contributed by atoms with E-state index in [1.165, 1.54) is 22.5 Å². The first kappa shape index (κ1) is 13.2. The molecule has 2 aromatic rings. The van der Waals surface area contributed by atoms with Crippen LogP contribution in [0.2, 0.25) is 0 Å². The smallest absolute Gasteiger partial charge is 0.268 e. The molecule has 0 unspecified atom stereocenters. The zero-order valence-corrected chi connectivity index (χ0v) is 12.3. The number of carbonyl (C=O) groups excluding carboxylic acids is 1. The van der Waals surface area contributed by atoms with Crippen molar-refractivity contribution in [1.29, 1.82) is 0 Å². The third-order valence-electron chi connectivity index (χ3n) is 3.54. The van der Waals surface area contributed by atoms with Crippen LogP contribution in [0.25, 0.3) is 0 Å². The molecule has 0 bridgehead atoms. The summed E-state index contributed by atoms with van der Waals surface area (Å²) in [7, 11) is 0. The molecule has 0 spiro atoms. The van der Waals surface area contributed by atoms with Gasteiger partial charge < -0.3 is 9.64 Å². The number of hydrogen-bond donors (Lipinski definition) is 0. The molecule has 3 rings (SSSR count). The second-order valence-electron chi connectivity index (χ2n) is 4.79. The number of fused-ring (bicyclic) bond motifs is 1. The zero-order valence-electron chi connectivity index (χ0n) is 11.5. The number of benzene rings is 1. The molecule has 2 heterocycles. The van der Waals surface area contributed by atoms with Gasteiger partial charge in [0.25, 0.3) is 5.91 Å². The van der Waals surface area contributed by atoms with Gasteiger partial charge in [0.15, 0.2) is 0 Å². The first-order valence-corrected chi connectivity index (χ1v) is 7.74. The van der Waals surface area contributed by atoms with E-state index in [0.717, 1.165) is 13.0 Å². The van der Waals surface area contributed by atoms with Gasteiger partial charge in [-0.05, 0) is 35.9 Å². The molecule has 0 atom stereocenters. The lowest BCUT2D eigenvalue weighted by molar-refractivity contribution is 0.0736. The molecule has 0 saturated carbocycles. The Morgan fingerprint density at radius 2 is 2.10 bits per heavy atom. The molecule has 1 amide bonds. The Balaban J connectivity index is 1.80. The molecule has 0 aliphatic carbocycles. The van der Waals surface area contributed by atoms with Crippen LogP contribution < -0.4 is 4.74 Å². The van der Waals surface area contributed by atoms with Crippen LogP contribution in [-0.2, 0) is 13.0 Å². The summed E-state index contributed by atoms with van der Waals surface area (Å²) in [4.78, 5) is 15.3. The Kier molecular flexibility index (Phi) is 3.74. The van der Waals surface area contributed by atoms with E-state index in [2.05, 4.69) is 18.2 Å². The van der Waals surface area contributed by atoms with E-state index < -0.39 is 0 Å². The van der Waals surface area contributed by atoms with Crippen molar-refractivity contribution in [2.24, 2.45) is 0 Å². The van der Waals surface area contributed by atoms with Crippen molar-refractivity contribution in [2.45, 2.75) is 19.9 Å². The number of rotatable bonds is 3. The molecule has 1 aromatic heterocycles. The molecule has 0 saturated heterocycles. The van der Waals surface area contributed by atoms with Crippen molar-refractivity contribution < 1.29 is 9.53 Å². The van der Waals surface area contributed by atoms with Crippen molar-refractivity contribution in [3.63, 3.8) is 0 Å². The summed E-state index contributed by atoms with van der Waals surface area (Å²) >= 11 is 1.46. The van der Waals surface area contributed by atoms with Crippen molar-refractivity contribution in [3.8, 4) is 5.75 Å². The van der Waals surface area contributed by atoms with E-state index in [0.29, 0.717) is 23.8 Å². The third-order valence-corrected chi connectivity index (χ3v) is 4.42. The highest BCUT2D eigenvalue weighted by molar-refractivity contribution is 7.12. The molecule has 1 aliphatic rings. The van der Waals surface area contributed by atoms with E-state index in [1.807, 2.05) is 29.3 Å². The van der Waals surface area contributed by atoms with Crippen LogP contribution >= 0.6 is 11.3 Å². The molecule has 20 heavy (non-hydrogen) atoms. The number of hydrogen-bond acceptors (Lipinski definition) is 3. The Hall–Kier alpha value is -1.81. The van der Waals surface area contributed by atoms with Gasteiger partial charge in [-0.2, -0.15) is 0 Å². The fourth-order valence-electron chi connectivity index (χ4n) is 2.54. The fourth-order valence-corrected chi connectivity index (χ4v) is 3.34. The molecule has 3 nitrogen and oxygen atoms in total. The van der Waals surface area contributed by atoms with Crippen LogP contribution in [0.3, 0.4) is 0 Å². The summed E-state index contributed by atoms with van der Waals surface area (Å²) in [5, 5.41) is 1.91. The lowest BCUT2D eigenvalue weighted by atomic mass is 10.00. The second kappa shape index (κ2) is 5.67. The van der Waals surface area contributed by atoms with Crippen LogP contribution in [0.4, 0.5) is 0 Å². The normalized spacial score (nSPS) is 13.9. The summed E-state index contributed by atoms with van der Waals surface area (Å²) in [5.41, 5.74) is 2.61. The summed E-state index contributed by atoms with van der Waals surface area (Å²) < 4.78 is 5.52. The summed E-state index contributed by atoms with van der Waals surface area (Å²) in [6.45, 7) is 3.99. The van der Waals surface area contributed by atoms with E-state index in [9.17, 15) is 4.79 Å². The molecule has 1 aliphatic heterocycles. The standard InChI is InChI=1S/C16H17NO2S/c1-2-19-14-8-10-20-15(14)16(18)17-9-7-12-5-3-4-6-13(12)11-17/h3-6,8,10H,2,7,9,11H2,1H3. The summed E-state index contributed by atoms with van der Waals surface area (Å²) in [6.07, 6.45) is 0.928. The van der Waals surface area contributed by atoms with Crippen LogP contribution in [0.15, 0.2) is 35.7 Å². The molecule has 0 radical (unpaired) electrons. The summed E-state index contributed by atoms with van der Waals surface area (Å²) in [6, 6.07) is 10.2. The molecular weight excluding hydrogens is 270 g/mol. The van der Waals surface area contributed by atoms with Crippen molar-refractivity contribution in [3.05, 3.63) is 51.7 Å². The van der Waals surface area contributed by atoms with Gasteiger partial charge in [-0.15, -0.1) is 11.3 Å². The van der Waals surface area contributed by atoms with Crippen LogP contribution in [0, 0.1) is 0 Å². The average Bonchev–Trinajstić information content (AvgIpc) is 2.94. The van der Waals surface area contributed by atoms with Crippen LogP contribution in [0.1, 0.15) is 27.7 Å². The quantitative estimate of drug-likeness (QED) is 0.866. The molecule has 1 aromatic carbocycles. The first-order chi connectivity index (χ1) is 9.79. The van der Waals surface area contributed by atoms with Gasteiger partial charge in [0.05, 0.1) is 6.61 Å². The van der Waals surface area contributed by atoms with Crippen molar-refractivity contribution in [1.82, 2.24) is 4.90 Å². The van der Waals surface area contributed by atoms with Crippen molar-refractivity contribution in [2.75, 3.05) is 13.2 Å². The predicted octanol–water partition coefficient (Wildman–Crippen LogP) is 3.35. The SMILES string of the molecule is CCOc1ccsc1C(=O)N1CCc2ccccc2C1. The monoisotopic (exact) mass is 287 g/mol. The number of carbonyl (C=O) groups is 1. The Labute approximate surface area is 122 Å². The van der Waals surface area contributed by atoms with Gasteiger partial charge in [0.1, 0.15) is 10.6 Å². The molecule has 4 heteroatoms. The Morgan fingerprint density at radius 1 is 1.30 bits per heavy atom. The lowest BCUT2D eigenvalue weighted by Crippen LogP contribution is -2.35. The number of ether oxygens (including phenoxy) is 1. The summed E-state index contributed by atoms with van der Waals surface area (Å²) in [5.74, 6) is 0.791. The van der Waals surface area contributed by atoms with Gasteiger partial charge in [-0.25, -0.2) is 0 Å². The number of nitrogens with zero attached hydrogens (tertiary/aromatic N) is 1. The highest BCUT2D eigenvalue weighted by atomic mass is 32.1. The van der Waals surface area contributed by atoms with Gasteiger partial charge in [-0.3, -0.25) is 4.79 Å². The minimum Gasteiger partial charge on any atom is -0.492 e. The minimum absolute atomic E-state index is 0.0814. The zero-order chi connectivity index (χ0) is 13.9. The van der Waals surface area contributed by atoms with E-state index in [4.69, 9.17) is 4.74 Å². The average molecular weight is 287 g/mol. The van der Waals surface area contributed by atoms with Gasteiger partial charge in [0, 0.05) is 13.1 Å². The minimum atomic E-state index is 0.0814. The Morgan fingerprint density at radius 3 is 2.90 bits per heavy atom. The number of amides is 1. The highest BCUT2D eigenvalue weighted by Gasteiger charge is 2.24. The molecular formula is C16H17NO2S. The number of thiophene rings is 1. The first-order valence-electron chi connectivity index (χ1n) is 6.86. The van der Waals surface area contributed by atoms with Gasteiger partial charge in [0.2, 0.25) is 0 Å². The second-order valence-corrected chi connectivity index (χ2v) is 5.71. The van der Waals surface area contributed by atoms with Gasteiger partial charge in [-0.1, -0.05) is 24.3 Å². The maximum absolute atomic E-state index is 12.6. The van der Waals surface area contributed by atoms with Gasteiger partial charge >= 0.3 is 0 Å². The van der Waals surface area contributed by atoms with E-state index in [-0.39, 0.29) is 5.91 Å². The van der Waals surface area contributed by atoms with Crippen LogP contribution in [-0.4, -0.2) is 24.0 Å². The third kappa shape index (κ3) is 2.43. The van der Waals surface area contributed by atoms with Crippen molar-refractivity contribution >= 4 is 17.2 Å². The van der Waals surface area contributed by atoms with E-state index in [1.54, 1.807) is 0 Å². The highest BCUT2D eigenvalue weighted by Crippen LogP contribution is 2.28. The molecule has 0 fully saturated rings. The maximum Gasteiger partial charge on any atom is 0.268 e. The topological polar surface area (TPSA) is 29.5 Å². The van der Waals surface area contributed by atoms with E-state index >= 15 is 0 Å². The lowest BCUT2D eigenvalue weighted by Gasteiger charge is -2.28.